The maximum Gasteiger partial charge on any atom is 0.408 e. The first-order valence-corrected chi connectivity index (χ1v) is 13.5. The lowest BCUT2D eigenvalue weighted by atomic mass is 9.95. The monoisotopic (exact) mass is 549 g/mol. The molecule has 0 saturated carbocycles. The van der Waals surface area contributed by atoms with Crippen LogP contribution in [-0.2, 0) is 23.9 Å². The van der Waals surface area contributed by atoms with Crippen molar-refractivity contribution in [3.8, 4) is 5.75 Å². The number of aromatic hydroxyl groups is 1. The van der Waals surface area contributed by atoms with E-state index in [0.29, 0.717) is 18.8 Å². The van der Waals surface area contributed by atoms with E-state index in [-0.39, 0.29) is 17.2 Å². The predicted molar refractivity (Wildman–Crippen MR) is 149 cm³/mol. The third-order valence-corrected chi connectivity index (χ3v) is 5.98. The fourth-order valence-electron chi connectivity index (χ4n) is 4.10. The number of nitrogens with zero attached hydrogens (tertiary/aromatic N) is 1. The second-order valence-corrected chi connectivity index (χ2v) is 11.6. The van der Waals surface area contributed by atoms with Crippen LogP contribution in [0.15, 0.2) is 24.3 Å². The van der Waals surface area contributed by atoms with Gasteiger partial charge in [0.2, 0.25) is 11.8 Å². The van der Waals surface area contributed by atoms with Crippen molar-refractivity contribution in [3.05, 3.63) is 29.8 Å². The number of phenols is 1. The Hall–Kier alpha value is -3.30. The molecule has 0 radical (unpaired) electrons. The molecule has 0 bridgehead atoms. The summed E-state index contributed by atoms with van der Waals surface area (Å²) < 4.78 is 10.1. The summed E-state index contributed by atoms with van der Waals surface area (Å²) in [6.45, 7) is 14.6. The number of nitrogens with one attached hydrogen (secondary N) is 2. The Kier molecular flexibility index (Phi) is 13.3. The number of hydrogen-bond donors (Lipinski definition) is 3. The number of benzene rings is 1. The van der Waals surface area contributed by atoms with E-state index in [2.05, 4.69) is 29.2 Å². The van der Waals surface area contributed by atoms with Crippen LogP contribution in [0.2, 0.25) is 0 Å². The first kappa shape index (κ1) is 33.7. The molecule has 0 aromatic heterocycles. The van der Waals surface area contributed by atoms with E-state index >= 15 is 0 Å². The van der Waals surface area contributed by atoms with Gasteiger partial charge in [-0.2, -0.15) is 0 Å². The molecule has 3 amide bonds. The molecular formula is C29H47N3O7. The Labute approximate surface area is 232 Å². The molecule has 39 heavy (non-hydrogen) atoms. The first-order chi connectivity index (χ1) is 18.1. The number of ether oxygens (including phenoxy) is 2. The summed E-state index contributed by atoms with van der Waals surface area (Å²) in [5.41, 5.74) is -0.573. The van der Waals surface area contributed by atoms with Gasteiger partial charge in [-0.25, -0.2) is 4.79 Å². The molecule has 0 aliphatic carbocycles. The molecule has 10 nitrogen and oxygen atoms in total. The van der Waals surface area contributed by atoms with Gasteiger partial charge in [-0.05, 0) is 64.9 Å². The Morgan fingerprint density at radius 3 is 2.10 bits per heavy atom. The van der Waals surface area contributed by atoms with Gasteiger partial charge in [0.15, 0.2) is 0 Å². The summed E-state index contributed by atoms with van der Waals surface area (Å²) in [5.74, 6) is -1.62. The van der Waals surface area contributed by atoms with E-state index in [9.17, 15) is 24.3 Å². The second-order valence-electron chi connectivity index (χ2n) is 11.6. The van der Waals surface area contributed by atoms with Crippen LogP contribution in [0.3, 0.4) is 0 Å². The molecule has 0 aliphatic rings. The van der Waals surface area contributed by atoms with E-state index < -0.39 is 54.1 Å². The summed E-state index contributed by atoms with van der Waals surface area (Å²) in [4.78, 5) is 53.8. The lowest BCUT2D eigenvalue weighted by Gasteiger charge is -2.39. The van der Waals surface area contributed by atoms with E-state index in [4.69, 9.17) is 4.74 Å². The van der Waals surface area contributed by atoms with Gasteiger partial charge in [0.1, 0.15) is 30.0 Å². The molecule has 220 valence electrons. The van der Waals surface area contributed by atoms with Crippen molar-refractivity contribution in [2.24, 2.45) is 11.8 Å². The van der Waals surface area contributed by atoms with Gasteiger partial charge in [-0.1, -0.05) is 45.9 Å². The number of phenolic OH excluding ortho intramolecular Hbond substituents is 1. The lowest BCUT2D eigenvalue weighted by molar-refractivity contribution is -0.147. The summed E-state index contributed by atoms with van der Waals surface area (Å²) in [5, 5.41) is 16.0. The quantitative estimate of drug-likeness (QED) is 0.312. The average molecular weight is 550 g/mol. The van der Waals surface area contributed by atoms with E-state index in [1.807, 2.05) is 20.8 Å². The van der Waals surface area contributed by atoms with Crippen LogP contribution in [0.5, 0.6) is 5.75 Å². The topological polar surface area (TPSA) is 134 Å². The molecule has 0 saturated heterocycles. The lowest BCUT2D eigenvalue weighted by Crippen LogP contribution is -2.56. The van der Waals surface area contributed by atoms with Crippen molar-refractivity contribution in [1.29, 1.82) is 0 Å². The van der Waals surface area contributed by atoms with Gasteiger partial charge >= 0.3 is 12.1 Å². The molecule has 1 aromatic rings. The van der Waals surface area contributed by atoms with Crippen molar-refractivity contribution < 1.29 is 33.8 Å². The smallest absolute Gasteiger partial charge is 0.408 e. The number of hydrogen-bond acceptors (Lipinski definition) is 7. The third kappa shape index (κ3) is 11.5. The Morgan fingerprint density at radius 2 is 1.59 bits per heavy atom. The number of esters is 1. The predicted octanol–water partition coefficient (Wildman–Crippen LogP) is 4.32. The van der Waals surface area contributed by atoms with Crippen LogP contribution in [0, 0.1) is 11.8 Å². The zero-order valence-corrected chi connectivity index (χ0v) is 24.9. The minimum atomic E-state index is -1.28. The molecular weight excluding hydrogens is 502 g/mol. The van der Waals surface area contributed by atoms with Gasteiger partial charge in [0.25, 0.3) is 0 Å². The van der Waals surface area contributed by atoms with Gasteiger partial charge in [0, 0.05) is 11.6 Å². The van der Waals surface area contributed by atoms with Crippen LogP contribution in [0.1, 0.15) is 86.3 Å². The molecule has 3 unspecified atom stereocenters. The van der Waals surface area contributed by atoms with Crippen molar-refractivity contribution in [1.82, 2.24) is 15.5 Å². The summed E-state index contributed by atoms with van der Waals surface area (Å²) >= 11 is 0. The highest BCUT2D eigenvalue weighted by Crippen LogP contribution is 2.33. The molecule has 10 heteroatoms. The molecule has 1 rings (SSSR count). The standard InChI is InChI=1S/C29H47N3O7/c1-18(2)14-15-20(5)32(27(36)22(16-19(3)4)31-28(37)39-29(6,7)8)25(21-12-10-11-13-23(21)33)26(35)30-17-24(34)38-9/h10-13,18-20,22,25,33H,14-17H2,1-9H3,(H,30,35)(H,31,37). The van der Waals surface area contributed by atoms with Gasteiger partial charge in [-0.15, -0.1) is 0 Å². The number of methoxy groups -OCH3 is 1. The highest BCUT2D eigenvalue weighted by Gasteiger charge is 2.40. The average Bonchev–Trinajstić information content (AvgIpc) is 2.82. The van der Waals surface area contributed by atoms with Crippen LogP contribution in [0.25, 0.3) is 0 Å². The second kappa shape index (κ2) is 15.3. The van der Waals surface area contributed by atoms with E-state index in [1.165, 1.54) is 18.1 Å². The Morgan fingerprint density at radius 1 is 0.974 bits per heavy atom. The summed E-state index contributed by atoms with van der Waals surface area (Å²) in [6, 6.07) is 3.53. The maximum absolute atomic E-state index is 14.3. The Bertz CT molecular complexity index is 972. The SMILES string of the molecule is COC(=O)CNC(=O)C(c1ccccc1O)N(C(=O)C(CC(C)C)NC(=O)OC(C)(C)C)C(C)CCC(C)C. The maximum atomic E-state index is 14.3. The number of carbonyl (C=O) groups excluding carboxylic acids is 4. The molecule has 0 aliphatic heterocycles. The van der Waals surface area contributed by atoms with Crippen molar-refractivity contribution in [2.45, 2.75) is 98.4 Å². The van der Waals surface area contributed by atoms with E-state index in [1.54, 1.807) is 39.0 Å². The highest BCUT2D eigenvalue weighted by molar-refractivity contribution is 5.93. The summed E-state index contributed by atoms with van der Waals surface area (Å²) in [6.07, 6.45) is 0.892. The highest BCUT2D eigenvalue weighted by atomic mass is 16.6. The zero-order valence-electron chi connectivity index (χ0n) is 24.9. The van der Waals surface area contributed by atoms with E-state index in [0.717, 1.165) is 6.42 Å². The van der Waals surface area contributed by atoms with Crippen molar-refractivity contribution in [3.63, 3.8) is 0 Å². The minimum absolute atomic E-state index is 0.0263. The number of amides is 3. The molecule has 0 spiro atoms. The molecule has 1 aromatic carbocycles. The zero-order chi connectivity index (χ0) is 29.9. The Balaban J connectivity index is 3.64. The van der Waals surface area contributed by atoms with Crippen LogP contribution >= 0.6 is 0 Å². The third-order valence-electron chi connectivity index (χ3n) is 5.98. The summed E-state index contributed by atoms with van der Waals surface area (Å²) in [7, 11) is 1.21. The molecule has 0 heterocycles. The number of alkyl carbamates (subject to hydrolysis) is 1. The fraction of sp³-hybridized carbons (Fsp3) is 0.655. The molecule has 0 fully saturated rings. The van der Waals surface area contributed by atoms with Crippen LogP contribution in [0.4, 0.5) is 4.79 Å². The number of rotatable bonds is 13. The number of para-hydroxylation sites is 1. The first-order valence-electron chi connectivity index (χ1n) is 13.5. The number of carbonyl (C=O) groups is 4. The van der Waals surface area contributed by atoms with Gasteiger partial charge in [0.05, 0.1) is 7.11 Å². The minimum Gasteiger partial charge on any atom is -0.508 e. The normalized spacial score (nSPS) is 13.8. The van der Waals surface area contributed by atoms with Crippen LogP contribution in [-0.4, -0.2) is 65.2 Å². The van der Waals surface area contributed by atoms with Gasteiger partial charge in [-0.3, -0.25) is 14.4 Å². The molecule has 3 N–H and O–H groups in total. The van der Waals surface area contributed by atoms with Crippen molar-refractivity contribution in [2.75, 3.05) is 13.7 Å². The van der Waals surface area contributed by atoms with Gasteiger partial charge < -0.3 is 30.1 Å². The molecule has 3 atom stereocenters. The van der Waals surface area contributed by atoms with Crippen LogP contribution < -0.4 is 10.6 Å². The fourth-order valence-corrected chi connectivity index (χ4v) is 4.10. The van der Waals surface area contributed by atoms with Crippen molar-refractivity contribution >= 4 is 23.9 Å². The largest absolute Gasteiger partial charge is 0.508 e.